The molecule has 0 bridgehead atoms. The summed E-state index contributed by atoms with van der Waals surface area (Å²) in [4.78, 5) is 16.9. The molecule has 27 heavy (non-hydrogen) atoms. The first kappa shape index (κ1) is 19.6. The van der Waals surface area contributed by atoms with Crippen molar-refractivity contribution in [1.29, 1.82) is 0 Å². The SMILES string of the molecule is Cc1ccc(CN(C)CC(=O)Nc2ccc(CN3CCCC3)cc2)c(C)c1. The first-order valence-electron chi connectivity index (χ1n) is 9.85. The second kappa shape index (κ2) is 9.16. The second-order valence-corrected chi connectivity index (χ2v) is 7.83. The van der Waals surface area contributed by atoms with E-state index in [1.807, 2.05) is 19.2 Å². The van der Waals surface area contributed by atoms with Crippen LogP contribution in [0.15, 0.2) is 42.5 Å². The van der Waals surface area contributed by atoms with Crippen molar-refractivity contribution in [3.8, 4) is 0 Å². The van der Waals surface area contributed by atoms with E-state index in [9.17, 15) is 4.79 Å². The molecule has 0 spiro atoms. The molecule has 0 aromatic heterocycles. The van der Waals surface area contributed by atoms with E-state index in [2.05, 4.69) is 59.3 Å². The molecule has 3 rings (SSSR count). The number of hydrogen-bond acceptors (Lipinski definition) is 3. The minimum atomic E-state index is 0.0227. The summed E-state index contributed by atoms with van der Waals surface area (Å²) in [5.74, 6) is 0.0227. The lowest BCUT2D eigenvalue weighted by molar-refractivity contribution is -0.117. The Hall–Kier alpha value is -2.17. The van der Waals surface area contributed by atoms with Crippen LogP contribution in [0, 0.1) is 13.8 Å². The summed E-state index contributed by atoms with van der Waals surface area (Å²) in [5.41, 5.74) is 5.98. The number of amides is 1. The summed E-state index contributed by atoms with van der Waals surface area (Å²) >= 11 is 0. The first-order valence-corrected chi connectivity index (χ1v) is 9.85. The average molecular weight is 366 g/mol. The van der Waals surface area contributed by atoms with E-state index in [0.717, 1.165) is 18.8 Å². The van der Waals surface area contributed by atoms with Gasteiger partial charge in [-0.25, -0.2) is 0 Å². The fraction of sp³-hybridized carbons (Fsp3) is 0.435. The number of benzene rings is 2. The standard InChI is InChI=1S/C23H31N3O/c1-18-6-9-21(19(2)14-18)16-25(3)17-23(27)24-22-10-7-20(8-11-22)15-26-12-4-5-13-26/h6-11,14H,4-5,12-13,15-17H2,1-3H3,(H,24,27). The molecule has 1 aliphatic heterocycles. The van der Waals surface area contributed by atoms with Crippen LogP contribution in [0.3, 0.4) is 0 Å². The lowest BCUT2D eigenvalue weighted by Crippen LogP contribution is -2.30. The van der Waals surface area contributed by atoms with Gasteiger partial charge in [0.15, 0.2) is 0 Å². The molecule has 0 atom stereocenters. The van der Waals surface area contributed by atoms with Crippen molar-refractivity contribution in [3.05, 3.63) is 64.7 Å². The van der Waals surface area contributed by atoms with Crippen LogP contribution in [0.25, 0.3) is 0 Å². The number of nitrogens with zero attached hydrogens (tertiary/aromatic N) is 2. The van der Waals surface area contributed by atoms with Gasteiger partial charge < -0.3 is 5.32 Å². The van der Waals surface area contributed by atoms with Gasteiger partial charge in [0.2, 0.25) is 5.91 Å². The van der Waals surface area contributed by atoms with Crippen molar-refractivity contribution in [1.82, 2.24) is 9.80 Å². The zero-order valence-corrected chi connectivity index (χ0v) is 16.8. The molecule has 1 heterocycles. The normalized spacial score (nSPS) is 14.7. The molecule has 0 unspecified atom stereocenters. The number of carbonyl (C=O) groups excluding carboxylic acids is 1. The van der Waals surface area contributed by atoms with Crippen molar-refractivity contribution in [3.63, 3.8) is 0 Å². The Morgan fingerprint density at radius 2 is 1.78 bits per heavy atom. The predicted octanol–water partition coefficient (Wildman–Crippen LogP) is 3.97. The molecule has 4 nitrogen and oxygen atoms in total. The number of likely N-dealkylation sites (tertiary alicyclic amines) is 1. The molecule has 2 aromatic carbocycles. The molecule has 144 valence electrons. The molecule has 1 aliphatic rings. The van der Waals surface area contributed by atoms with E-state index in [4.69, 9.17) is 0 Å². The molecular formula is C23H31N3O. The minimum Gasteiger partial charge on any atom is -0.325 e. The highest BCUT2D eigenvalue weighted by Crippen LogP contribution is 2.16. The summed E-state index contributed by atoms with van der Waals surface area (Å²) in [7, 11) is 1.98. The lowest BCUT2D eigenvalue weighted by Gasteiger charge is -2.18. The Kier molecular flexibility index (Phi) is 6.64. The van der Waals surface area contributed by atoms with Gasteiger partial charge in [0, 0.05) is 18.8 Å². The van der Waals surface area contributed by atoms with Gasteiger partial charge in [-0.05, 0) is 75.6 Å². The highest BCUT2D eigenvalue weighted by molar-refractivity contribution is 5.92. The third kappa shape index (κ3) is 5.91. The van der Waals surface area contributed by atoms with Gasteiger partial charge >= 0.3 is 0 Å². The zero-order chi connectivity index (χ0) is 19.2. The molecule has 2 aromatic rings. The topological polar surface area (TPSA) is 35.6 Å². The summed E-state index contributed by atoms with van der Waals surface area (Å²) in [5, 5.41) is 3.01. The molecule has 1 N–H and O–H groups in total. The van der Waals surface area contributed by atoms with Gasteiger partial charge in [-0.2, -0.15) is 0 Å². The molecule has 1 fully saturated rings. The number of anilines is 1. The van der Waals surface area contributed by atoms with Gasteiger partial charge in [-0.3, -0.25) is 14.6 Å². The van der Waals surface area contributed by atoms with Gasteiger partial charge in [0.05, 0.1) is 6.54 Å². The molecule has 0 aliphatic carbocycles. The largest absolute Gasteiger partial charge is 0.325 e. The third-order valence-corrected chi connectivity index (χ3v) is 5.19. The van der Waals surface area contributed by atoms with E-state index in [-0.39, 0.29) is 5.91 Å². The van der Waals surface area contributed by atoms with Crippen molar-refractivity contribution in [2.75, 3.05) is 32.0 Å². The zero-order valence-electron chi connectivity index (χ0n) is 16.8. The van der Waals surface area contributed by atoms with E-state index in [1.54, 1.807) is 0 Å². The maximum Gasteiger partial charge on any atom is 0.238 e. The van der Waals surface area contributed by atoms with Crippen LogP contribution in [-0.2, 0) is 17.9 Å². The Morgan fingerprint density at radius 1 is 1.07 bits per heavy atom. The average Bonchev–Trinajstić information content (AvgIpc) is 3.12. The third-order valence-electron chi connectivity index (χ3n) is 5.19. The van der Waals surface area contributed by atoms with E-state index in [1.165, 1.54) is 48.2 Å². The molecular weight excluding hydrogens is 334 g/mol. The number of rotatable bonds is 7. The summed E-state index contributed by atoms with van der Waals surface area (Å²) in [6, 6.07) is 14.7. The summed E-state index contributed by atoms with van der Waals surface area (Å²) in [6.07, 6.45) is 2.62. The van der Waals surface area contributed by atoms with Gasteiger partial charge in [-0.15, -0.1) is 0 Å². The van der Waals surface area contributed by atoms with Crippen molar-refractivity contribution < 1.29 is 4.79 Å². The monoisotopic (exact) mass is 365 g/mol. The highest BCUT2D eigenvalue weighted by atomic mass is 16.2. The van der Waals surface area contributed by atoms with Crippen LogP contribution >= 0.6 is 0 Å². The van der Waals surface area contributed by atoms with Gasteiger partial charge in [0.1, 0.15) is 0 Å². The second-order valence-electron chi connectivity index (χ2n) is 7.83. The molecule has 0 radical (unpaired) electrons. The van der Waals surface area contributed by atoms with Gasteiger partial charge in [-0.1, -0.05) is 35.9 Å². The molecule has 1 amide bonds. The van der Waals surface area contributed by atoms with E-state index in [0.29, 0.717) is 6.54 Å². The quantitative estimate of drug-likeness (QED) is 0.806. The maximum atomic E-state index is 12.4. The number of hydrogen-bond donors (Lipinski definition) is 1. The smallest absolute Gasteiger partial charge is 0.238 e. The Morgan fingerprint density at radius 3 is 2.44 bits per heavy atom. The van der Waals surface area contributed by atoms with Crippen molar-refractivity contribution in [2.45, 2.75) is 39.8 Å². The van der Waals surface area contributed by atoms with Crippen molar-refractivity contribution >= 4 is 11.6 Å². The molecule has 4 heteroatoms. The van der Waals surface area contributed by atoms with Crippen molar-refractivity contribution in [2.24, 2.45) is 0 Å². The Bertz CT molecular complexity index is 764. The fourth-order valence-corrected chi connectivity index (χ4v) is 3.71. The van der Waals surface area contributed by atoms with Crippen LogP contribution < -0.4 is 5.32 Å². The Balaban J connectivity index is 1.47. The lowest BCUT2D eigenvalue weighted by atomic mass is 10.1. The van der Waals surface area contributed by atoms with Crippen LogP contribution in [0.5, 0.6) is 0 Å². The maximum absolute atomic E-state index is 12.4. The van der Waals surface area contributed by atoms with Crippen LogP contribution in [0.1, 0.15) is 35.1 Å². The van der Waals surface area contributed by atoms with Crippen LogP contribution in [0.4, 0.5) is 5.69 Å². The van der Waals surface area contributed by atoms with E-state index < -0.39 is 0 Å². The number of likely N-dealkylation sites (N-methyl/N-ethyl adjacent to an activating group) is 1. The highest BCUT2D eigenvalue weighted by Gasteiger charge is 2.12. The molecule has 1 saturated heterocycles. The number of nitrogens with one attached hydrogen (secondary N) is 1. The van der Waals surface area contributed by atoms with E-state index >= 15 is 0 Å². The van der Waals surface area contributed by atoms with Gasteiger partial charge in [0.25, 0.3) is 0 Å². The Labute approximate surface area is 163 Å². The summed E-state index contributed by atoms with van der Waals surface area (Å²) in [6.45, 7) is 8.78. The summed E-state index contributed by atoms with van der Waals surface area (Å²) < 4.78 is 0. The molecule has 0 saturated carbocycles. The van der Waals surface area contributed by atoms with Crippen LogP contribution in [-0.4, -0.2) is 42.4 Å². The number of aryl methyl sites for hydroxylation is 2. The minimum absolute atomic E-state index is 0.0227. The fourth-order valence-electron chi connectivity index (χ4n) is 3.71. The first-order chi connectivity index (χ1) is 13.0. The predicted molar refractivity (Wildman–Crippen MR) is 112 cm³/mol. The van der Waals surface area contributed by atoms with Crippen LogP contribution in [0.2, 0.25) is 0 Å². The number of carbonyl (C=O) groups is 1.